The molecular formula is C11H14O4. The zero-order chi connectivity index (χ0) is 11.8. The molecule has 1 aromatic rings. The Labute approximate surface area is 88.2 Å². The number of benzene rings is 1. The van der Waals surface area contributed by atoms with Gasteiger partial charge in [-0.3, -0.25) is 9.59 Å². The molecule has 0 amide bonds. The van der Waals surface area contributed by atoms with Crippen molar-refractivity contribution >= 4 is 12.4 Å². The van der Waals surface area contributed by atoms with Gasteiger partial charge in [0.25, 0.3) is 6.47 Å². The van der Waals surface area contributed by atoms with E-state index < -0.39 is 11.9 Å². The Morgan fingerprint density at radius 3 is 2.07 bits per heavy atom. The van der Waals surface area contributed by atoms with E-state index in [1.165, 1.54) is 0 Å². The Hall–Kier alpha value is -1.84. The van der Waals surface area contributed by atoms with Crippen LogP contribution in [0.4, 0.5) is 0 Å². The normalized spacial score (nSPS) is 10.8. The lowest BCUT2D eigenvalue weighted by Crippen LogP contribution is -2.06. The highest BCUT2D eigenvalue weighted by Gasteiger charge is 2.12. The lowest BCUT2D eigenvalue weighted by atomic mass is 10.0. The minimum atomic E-state index is -0.779. The van der Waals surface area contributed by atoms with Gasteiger partial charge in [-0.1, -0.05) is 29.8 Å². The molecule has 0 heterocycles. The van der Waals surface area contributed by atoms with E-state index in [1.807, 2.05) is 31.2 Å². The minimum Gasteiger partial charge on any atom is -0.483 e. The maximum absolute atomic E-state index is 10.6. The summed E-state index contributed by atoms with van der Waals surface area (Å²) in [5.41, 5.74) is 2.00. The first-order chi connectivity index (χ1) is 7.02. The monoisotopic (exact) mass is 210 g/mol. The number of carbonyl (C=O) groups is 2. The fraction of sp³-hybridized carbons (Fsp3) is 0.273. The molecule has 1 aromatic carbocycles. The quantitative estimate of drug-likeness (QED) is 0.731. The molecule has 4 nitrogen and oxygen atoms in total. The standard InChI is InChI=1S/C10H12O2.CH2O2/c1-7-3-5-9(6-4-7)8(2)10(11)12;2-1-3/h3-6,8H,1-2H3,(H,11,12);1H,(H,2,3). The van der Waals surface area contributed by atoms with E-state index in [0.29, 0.717) is 0 Å². The maximum atomic E-state index is 10.6. The van der Waals surface area contributed by atoms with Crippen molar-refractivity contribution < 1.29 is 19.8 Å². The zero-order valence-electron chi connectivity index (χ0n) is 8.68. The van der Waals surface area contributed by atoms with Crippen LogP contribution >= 0.6 is 0 Å². The Morgan fingerprint density at radius 1 is 1.33 bits per heavy atom. The van der Waals surface area contributed by atoms with Gasteiger partial charge < -0.3 is 10.2 Å². The molecule has 82 valence electrons. The predicted octanol–water partition coefficient (Wildman–Crippen LogP) is 1.88. The smallest absolute Gasteiger partial charge is 0.310 e. The van der Waals surface area contributed by atoms with Crippen LogP contribution in [0.2, 0.25) is 0 Å². The molecule has 0 saturated heterocycles. The van der Waals surface area contributed by atoms with Crippen LogP contribution in [-0.2, 0) is 9.59 Å². The summed E-state index contributed by atoms with van der Waals surface area (Å²) in [5.74, 6) is -1.19. The van der Waals surface area contributed by atoms with E-state index in [1.54, 1.807) is 6.92 Å². The number of hydrogen-bond acceptors (Lipinski definition) is 2. The summed E-state index contributed by atoms with van der Waals surface area (Å²) >= 11 is 0. The largest absolute Gasteiger partial charge is 0.483 e. The highest BCUT2D eigenvalue weighted by atomic mass is 16.4. The molecule has 15 heavy (non-hydrogen) atoms. The van der Waals surface area contributed by atoms with Gasteiger partial charge in [-0.25, -0.2) is 0 Å². The number of rotatable bonds is 2. The molecule has 0 radical (unpaired) electrons. The second-order valence-electron chi connectivity index (χ2n) is 3.08. The van der Waals surface area contributed by atoms with Crippen LogP contribution < -0.4 is 0 Å². The molecule has 1 rings (SSSR count). The van der Waals surface area contributed by atoms with E-state index in [2.05, 4.69) is 0 Å². The van der Waals surface area contributed by atoms with Crippen molar-refractivity contribution in [2.24, 2.45) is 0 Å². The lowest BCUT2D eigenvalue weighted by molar-refractivity contribution is -0.138. The summed E-state index contributed by atoms with van der Waals surface area (Å²) in [5, 5.41) is 15.6. The van der Waals surface area contributed by atoms with E-state index in [0.717, 1.165) is 11.1 Å². The Morgan fingerprint density at radius 2 is 1.73 bits per heavy atom. The number of carboxylic acid groups (broad SMARTS) is 2. The van der Waals surface area contributed by atoms with E-state index in [9.17, 15) is 4.79 Å². The molecule has 0 bridgehead atoms. The van der Waals surface area contributed by atoms with Crippen LogP contribution in [0.1, 0.15) is 24.0 Å². The molecule has 1 unspecified atom stereocenters. The van der Waals surface area contributed by atoms with Crippen molar-refractivity contribution in [3.05, 3.63) is 35.4 Å². The summed E-state index contributed by atoms with van der Waals surface area (Å²) in [7, 11) is 0. The van der Waals surface area contributed by atoms with Crippen LogP contribution in [0.5, 0.6) is 0 Å². The van der Waals surface area contributed by atoms with Gasteiger partial charge in [-0.2, -0.15) is 0 Å². The van der Waals surface area contributed by atoms with E-state index in [4.69, 9.17) is 15.0 Å². The van der Waals surface area contributed by atoms with Gasteiger partial charge in [0, 0.05) is 0 Å². The molecule has 0 fully saturated rings. The highest BCUT2D eigenvalue weighted by Crippen LogP contribution is 2.15. The summed E-state index contributed by atoms with van der Waals surface area (Å²) in [6, 6.07) is 7.56. The molecule has 0 aromatic heterocycles. The lowest BCUT2D eigenvalue weighted by Gasteiger charge is -2.05. The van der Waals surface area contributed by atoms with Crippen LogP contribution in [0.15, 0.2) is 24.3 Å². The molecule has 0 aliphatic heterocycles. The molecule has 0 spiro atoms. The van der Waals surface area contributed by atoms with Crippen LogP contribution in [0.25, 0.3) is 0 Å². The first kappa shape index (κ1) is 13.2. The van der Waals surface area contributed by atoms with Crippen LogP contribution in [0, 0.1) is 6.92 Å². The Balaban J connectivity index is 0.000000583. The second kappa shape index (κ2) is 6.59. The molecule has 2 N–H and O–H groups in total. The molecular weight excluding hydrogens is 196 g/mol. The van der Waals surface area contributed by atoms with Crippen molar-refractivity contribution in [3.63, 3.8) is 0 Å². The molecule has 4 heteroatoms. The van der Waals surface area contributed by atoms with Crippen molar-refractivity contribution in [2.45, 2.75) is 19.8 Å². The highest BCUT2D eigenvalue weighted by molar-refractivity contribution is 5.75. The fourth-order valence-electron chi connectivity index (χ4n) is 0.998. The van der Waals surface area contributed by atoms with Gasteiger partial charge in [0.2, 0.25) is 0 Å². The van der Waals surface area contributed by atoms with E-state index >= 15 is 0 Å². The van der Waals surface area contributed by atoms with Gasteiger partial charge in [0.05, 0.1) is 5.92 Å². The average Bonchev–Trinajstić information content (AvgIpc) is 2.19. The summed E-state index contributed by atoms with van der Waals surface area (Å²) < 4.78 is 0. The van der Waals surface area contributed by atoms with Crippen LogP contribution in [0.3, 0.4) is 0 Å². The molecule has 0 aliphatic rings. The molecule has 1 atom stereocenters. The Kier molecular flexibility index (Phi) is 5.78. The van der Waals surface area contributed by atoms with Crippen molar-refractivity contribution in [3.8, 4) is 0 Å². The third-order valence-corrected chi connectivity index (χ3v) is 1.95. The molecule has 0 aliphatic carbocycles. The summed E-state index contributed by atoms with van der Waals surface area (Å²) in [6.07, 6.45) is 0. The average molecular weight is 210 g/mol. The summed E-state index contributed by atoms with van der Waals surface area (Å²) in [4.78, 5) is 18.9. The van der Waals surface area contributed by atoms with Crippen molar-refractivity contribution in [1.29, 1.82) is 0 Å². The Bertz CT molecular complexity index is 316. The van der Waals surface area contributed by atoms with E-state index in [-0.39, 0.29) is 6.47 Å². The van der Waals surface area contributed by atoms with Gasteiger partial charge in [-0.15, -0.1) is 0 Å². The zero-order valence-corrected chi connectivity index (χ0v) is 8.68. The van der Waals surface area contributed by atoms with Gasteiger partial charge in [-0.05, 0) is 19.4 Å². The van der Waals surface area contributed by atoms with Gasteiger partial charge in [0.15, 0.2) is 0 Å². The van der Waals surface area contributed by atoms with Gasteiger partial charge >= 0.3 is 5.97 Å². The topological polar surface area (TPSA) is 74.6 Å². The van der Waals surface area contributed by atoms with Crippen molar-refractivity contribution in [1.82, 2.24) is 0 Å². The van der Waals surface area contributed by atoms with Crippen LogP contribution in [-0.4, -0.2) is 22.7 Å². The minimum absolute atomic E-state index is 0.250. The van der Waals surface area contributed by atoms with Gasteiger partial charge in [0.1, 0.15) is 0 Å². The number of carboxylic acids is 1. The fourth-order valence-corrected chi connectivity index (χ4v) is 0.998. The SMILES string of the molecule is Cc1ccc(C(C)C(=O)O)cc1.O=CO. The number of hydrogen-bond donors (Lipinski definition) is 2. The second-order valence-corrected chi connectivity index (χ2v) is 3.08. The third-order valence-electron chi connectivity index (χ3n) is 1.95. The number of aryl methyl sites for hydroxylation is 1. The first-order valence-corrected chi connectivity index (χ1v) is 4.40. The molecule has 0 saturated carbocycles. The first-order valence-electron chi connectivity index (χ1n) is 4.40. The maximum Gasteiger partial charge on any atom is 0.310 e. The predicted molar refractivity (Wildman–Crippen MR) is 55.9 cm³/mol. The van der Waals surface area contributed by atoms with Crippen molar-refractivity contribution in [2.75, 3.05) is 0 Å². The number of aliphatic carboxylic acids is 1. The third kappa shape index (κ3) is 4.81. The summed E-state index contributed by atoms with van der Waals surface area (Å²) in [6.45, 7) is 3.42.